The lowest BCUT2D eigenvalue weighted by molar-refractivity contribution is 0.602. The molecule has 0 aromatic heterocycles. The van der Waals surface area contributed by atoms with Gasteiger partial charge in [-0.1, -0.05) is 24.3 Å². The van der Waals surface area contributed by atoms with E-state index in [0.717, 1.165) is 24.5 Å². The summed E-state index contributed by atoms with van der Waals surface area (Å²) in [6.07, 6.45) is 4.09. The lowest BCUT2D eigenvalue weighted by Crippen LogP contribution is -2.38. The normalized spacial score (nSPS) is 12.1. The molecular formula is C21H29N3O2S2. The third-order valence-corrected chi connectivity index (χ3v) is 6.20. The summed E-state index contributed by atoms with van der Waals surface area (Å²) in [5.74, 6) is 0.780. The Bertz CT molecular complexity index is 908. The Morgan fingerprint density at radius 1 is 1.11 bits per heavy atom. The average Bonchev–Trinajstić information content (AvgIpc) is 2.66. The molecular weight excluding hydrogens is 390 g/mol. The number of aliphatic imine (C=N–C) groups is 1. The third-order valence-electron chi connectivity index (χ3n) is 4.25. The predicted molar refractivity (Wildman–Crippen MR) is 119 cm³/mol. The van der Waals surface area contributed by atoms with Gasteiger partial charge in [-0.3, -0.25) is 0 Å². The van der Waals surface area contributed by atoms with Crippen LogP contribution in [-0.4, -0.2) is 40.0 Å². The van der Waals surface area contributed by atoms with Gasteiger partial charge in [-0.05, 0) is 61.4 Å². The first-order chi connectivity index (χ1) is 13.3. The molecule has 0 aliphatic rings. The molecule has 0 amide bonds. The SMILES string of the molecule is CCNC(=NCc1ccc(C)cc1SC)NCCc1ccc(S(C)(=O)=O)cc1. The summed E-state index contributed by atoms with van der Waals surface area (Å²) in [6, 6.07) is 13.5. The summed E-state index contributed by atoms with van der Waals surface area (Å²) in [4.78, 5) is 6.31. The van der Waals surface area contributed by atoms with Gasteiger partial charge in [0, 0.05) is 24.2 Å². The van der Waals surface area contributed by atoms with Crippen LogP contribution in [0, 0.1) is 6.92 Å². The number of nitrogens with zero attached hydrogens (tertiary/aromatic N) is 1. The van der Waals surface area contributed by atoms with Crippen molar-refractivity contribution in [3.63, 3.8) is 0 Å². The molecule has 2 aromatic rings. The molecule has 0 atom stereocenters. The minimum atomic E-state index is -3.15. The second-order valence-corrected chi connectivity index (χ2v) is 9.47. The van der Waals surface area contributed by atoms with E-state index in [-0.39, 0.29) is 0 Å². The van der Waals surface area contributed by atoms with Gasteiger partial charge >= 0.3 is 0 Å². The van der Waals surface area contributed by atoms with Crippen LogP contribution in [0.15, 0.2) is 57.2 Å². The molecule has 0 saturated heterocycles. The van der Waals surface area contributed by atoms with E-state index >= 15 is 0 Å². The minimum absolute atomic E-state index is 0.349. The van der Waals surface area contributed by atoms with Crippen molar-refractivity contribution in [1.29, 1.82) is 0 Å². The van der Waals surface area contributed by atoms with E-state index < -0.39 is 9.84 Å². The van der Waals surface area contributed by atoms with Crippen LogP contribution in [0.5, 0.6) is 0 Å². The summed E-state index contributed by atoms with van der Waals surface area (Å²) in [5.41, 5.74) is 3.55. The summed E-state index contributed by atoms with van der Waals surface area (Å²) >= 11 is 1.74. The highest BCUT2D eigenvalue weighted by molar-refractivity contribution is 7.98. The van der Waals surface area contributed by atoms with Crippen LogP contribution in [0.2, 0.25) is 0 Å². The van der Waals surface area contributed by atoms with Crippen molar-refractivity contribution in [3.8, 4) is 0 Å². The number of guanidine groups is 1. The maximum atomic E-state index is 11.5. The highest BCUT2D eigenvalue weighted by Gasteiger charge is 2.06. The first kappa shape index (κ1) is 22.3. The van der Waals surface area contributed by atoms with E-state index in [1.165, 1.54) is 22.3 Å². The molecule has 0 bridgehead atoms. The van der Waals surface area contributed by atoms with Gasteiger partial charge in [-0.2, -0.15) is 0 Å². The number of rotatable bonds is 8. The fourth-order valence-corrected chi connectivity index (χ4v) is 4.05. The van der Waals surface area contributed by atoms with Crippen molar-refractivity contribution in [3.05, 3.63) is 59.2 Å². The van der Waals surface area contributed by atoms with Crippen molar-refractivity contribution in [1.82, 2.24) is 10.6 Å². The molecule has 0 fully saturated rings. The van der Waals surface area contributed by atoms with E-state index in [0.29, 0.717) is 18.0 Å². The highest BCUT2D eigenvalue weighted by Crippen LogP contribution is 2.22. The van der Waals surface area contributed by atoms with Crippen molar-refractivity contribution < 1.29 is 8.42 Å². The Morgan fingerprint density at radius 3 is 2.43 bits per heavy atom. The molecule has 5 nitrogen and oxygen atoms in total. The van der Waals surface area contributed by atoms with Crippen molar-refractivity contribution in [2.45, 2.75) is 36.6 Å². The van der Waals surface area contributed by atoms with Gasteiger partial charge in [0.25, 0.3) is 0 Å². The topological polar surface area (TPSA) is 70.6 Å². The van der Waals surface area contributed by atoms with Gasteiger partial charge in [-0.15, -0.1) is 11.8 Å². The van der Waals surface area contributed by atoms with Crippen LogP contribution >= 0.6 is 11.8 Å². The molecule has 0 radical (unpaired) electrons. The number of sulfone groups is 1. The smallest absolute Gasteiger partial charge is 0.191 e. The Balaban J connectivity index is 1.96. The van der Waals surface area contributed by atoms with Crippen LogP contribution < -0.4 is 10.6 Å². The molecule has 0 unspecified atom stereocenters. The van der Waals surface area contributed by atoms with E-state index in [9.17, 15) is 8.42 Å². The quantitative estimate of drug-likeness (QED) is 0.390. The summed E-state index contributed by atoms with van der Waals surface area (Å²) in [7, 11) is -3.15. The molecule has 152 valence electrons. The van der Waals surface area contributed by atoms with Crippen LogP contribution in [0.3, 0.4) is 0 Å². The third kappa shape index (κ3) is 6.87. The molecule has 2 N–H and O–H groups in total. The molecule has 0 heterocycles. The molecule has 2 aromatic carbocycles. The molecule has 0 aliphatic heterocycles. The number of aryl methyl sites for hydroxylation is 1. The highest BCUT2D eigenvalue weighted by atomic mass is 32.2. The molecule has 7 heteroatoms. The van der Waals surface area contributed by atoms with Gasteiger partial charge in [-0.25, -0.2) is 13.4 Å². The fourth-order valence-electron chi connectivity index (χ4n) is 2.72. The monoisotopic (exact) mass is 419 g/mol. The second kappa shape index (κ2) is 10.5. The van der Waals surface area contributed by atoms with Crippen molar-refractivity contribution >= 4 is 27.6 Å². The summed E-state index contributed by atoms with van der Waals surface area (Å²) < 4.78 is 23.1. The largest absolute Gasteiger partial charge is 0.357 e. The number of hydrogen-bond donors (Lipinski definition) is 2. The van der Waals surface area contributed by atoms with E-state index in [1.807, 2.05) is 19.1 Å². The number of benzene rings is 2. The lowest BCUT2D eigenvalue weighted by atomic mass is 10.1. The standard InChI is InChI=1S/C21H29N3O2S2/c1-5-22-21(24-15-18-9-6-16(2)14-20(18)27-3)23-13-12-17-7-10-19(11-8-17)28(4,25)26/h6-11,14H,5,12-13,15H2,1-4H3,(H2,22,23,24). The van der Waals surface area contributed by atoms with Crippen molar-refractivity contribution in [2.24, 2.45) is 4.99 Å². The van der Waals surface area contributed by atoms with E-state index in [1.54, 1.807) is 23.9 Å². The molecule has 2 rings (SSSR count). The average molecular weight is 420 g/mol. The number of hydrogen-bond acceptors (Lipinski definition) is 4. The molecule has 0 aliphatic carbocycles. The second-order valence-electron chi connectivity index (χ2n) is 6.60. The Morgan fingerprint density at radius 2 is 1.82 bits per heavy atom. The van der Waals surface area contributed by atoms with Crippen LogP contribution in [0.1, 0.15) is 23.6 Å². The van der Waals surface area contributed by atoms with Crippen LogP contribution in [0.25, 0.3) is 0 Å². The zero-order valence-corrected chi connectivity index (χ0v) is 18.6. The lowest BCUT2D eigenvalue weighted by Gasteiger charge is -2.12. The Kier molecular flexibility index (Phi) is 8.38. The number of thioether (sulfide) groups is 1. The van der Waals surface area contributed by atoms with Gasteiger partial charge < -0.3 is 10.6 Å². The minimum Gasteiger partial charge on any atom is -0.357 e. The maximum Gasteiger partial charge on any atom is 0.191 e. The fraction of sp³-hybridized carbons (Fsp3) is 0.381. The van der Waals surface area contributed by atoms with Gasteiger partial charge in [0.15, 0.2) is 15.8 Å². The van der Waals surface area contributed by atoms with Gasteiger partial charge in [0.2, 0.25) is 0 Å². The summed E-state index contributed by atoms with van der Waals surface area (Å²) in [5, 5.41) is 6.62. The Hall–Kier alpha value is -1.99. The van der Waals surface area contributed by atoms with Crippen molar-refractivity contribution in [2.75, 3.05) is 25.6 Å². The van der Waals surface area contributed by atoms with Gasteiger partial charge in [0.05, 0.1) is 11.4 Å². The number of nitrogens with one attached hydrogen (secondary N) is 2. The molecule has 28 heavy (non-hydrogen) atoms. The zero-order valence-electron chi connectivity index (χ0n) is 17.0. The molecule has 0 saturated carbocycles. The summed E-state index contributed by atoms with van der Waals surface area (Å²) in [6.45, 7) is 6.27. The van der Waals surface area contributed by atoms with E-state index in [2.05, 4.69) is 42.0 Å². The van der Waals surface area contributed by atoms with Crippen LogP contribution in [-0.2, 0) is 22.8 Å². The first-order valence-electron chi connectivity index (χ1n) is 9.28. The maximum absolute atomic E-state index is 11.5. The van der Waals surface area contributed by atoms with Gasteiger partial charge in [0.1, 0.15) is 0 Å². The van der Waals surface area contributed by atoms with Crippen LogP contribution in [0.4, 0.5) is 0 Å². The van der Waals surface area contributed by atoms with E-state index in [4.69, 9.17) is 4.99 Å². The first-order valence-corrected chi connectivity index (χ1v) is 12.4. The molecule has 0 spiro atoms. The predicted octanol–water partition coefficient (Wildman–Crippen LogP) is 3.42. The zero-order chi connectivity index (χ0) is 20.6. The Labute approximate surface area is 173 Å².